The molecule has 2 nitrogen and oxygen atoms in total. The maximum atomic E-state index is 3.66. The summed E-state index contributed by atoms with van der Waals surface area (Å²) in [6.45, 7) is 5.26. The standard InChI is InChI=1S/C19H26N2/c1-5-19(17-10-6-15(2)7-11-17)20-14-16-8-12-18(13-9-16)21(3)4/h6-13,19-20H,5,14H2,1-4H3. The zero-order valence-corrected chi connectivity index (χ0v) is 13.6. The van der Waals surface area contributed by atoms with E-state index in [0.717, 1.165) is 13.0 Å². The van der Waals surface area contributed by atoms with Gasteiger partial charge in [-0.15, -0.1) is 0 Å². The van der Waals surface area contributed by atoms with Crippen molar-refractivity contribution in [2.45, 2.75) is 32.9 Å². The van der Waals surface area contributed by atoms with Gasteiger partial charge in [-0.2, -0.15) is 0 Å². The average Bonchev–Trinajstić information content (AvgIpc) is 2.50. The van der Waals surface area contributed by atoms with Gasteiger partial charge < -0.3 is 10.2 Å². The lowest BCUT2D eigenvalue weighted by Crippen LogP contribution is -2.20. The van der Waals surface area contributed by atoms with Crippen molar-refractivity contribution < 1.29 is 0 Å². The van der Waals surface area contributed by atoms with Crippen molar-refractivity contribution in [3.63, 3.8) is 0 Å². The second kappa shape index (κ2) is 7.28. The molecule has 1 atom stereocenters. The van der Waals surface area contributed by atoms with Gasteiger partial charge in [0.05, 0.1) is 0 Å². The fourth-order valence-corrected chi connectivity index (χ4v) is 2.45. The van der Waals surface area contributed by atoms with Gasteiger partial charge in [0.2, 0.25) is 0 Å². The van der Waals surface area contributed by atoms with Gasteiger partial charge >= 0.3 is 0 Å². The van der Waals surface area contributed by atoms with Crippen LogP contribution in [0.15, 0.2) is 48.5 Å². The number of anilines is 1. The molecule has 0 aromatic heterocycles. The highest BCUT2D eigenvalue weighted by Gasteiger charge is 2.08. The largest absolute Gasteiger partial charge is 0.378 e. The van der Waals surface area contributed by atoms with Crippen LogP contribution in [0.3, 0.4) is 0 Å². The molecule has 2 rings (SSSR count). The summed E-state index contributed by atoms with van der Waals surface area (Å²) < 4.78 is 0. The van der Waals surface area contributed by atoms with Crippen molar-refractivity contribution >= 4 is 5.69 Å². The average molecular weight is 282 g/mol. The van der Waals surface area contributed by atoms with E-state index in [1.54, 1.807) is 0 Å². The molecule has 0 aliphatic carbocycles. The molecule has 0 saturated heterocycles. The van der Waals surface area contributed by atoms with Crippen LogP contribution >= 0.6 is 0 Å². The molecule has 2 heteroatoms. The lowest BCUT2D eigenvalue weighted by Gasteiger charge is -2.18. The first-order valence-electron chi connectivity index (χ1n) is 7.66. The van der Waals surface area contributed by atoms with Crippen molar-refractivity contribution in [3.05, 3.63) is 65.2 Å². The lowest BCUT2D eigenvalue weighted by molar-refractivity contribution is 0.519. The molecule has 1 N–H and O–H groups in total. The molecule has 0 heterocycles. The van der Waals surface area contributed by atoms with Crippen molar-refractivity contribution in [2.24, 2.45) is 0 Å². The molecule has 0 spiro atoms. The zero-order chi connectivity index (χ0) is 15.2. The predicted octanol–water partition coefficient (Wildman–Crippen LogP) is 4.30. The molecule has 21 heavy (non-hydrogen) atoms. The molecule has 2 aromatic carbocycles. The van der Waals surface area contributed by atoms with E-state index in [2.05, 4.69) is 86.7 Å². The zero-order valence-electron chi connectivity index (χ0n) is 13.6. The number of aryl methyl sites for hydroxylation is 1. The van der Waals surface area contributed by atoms with Gasteiger partial charge in [-0.1, -0.05) is 48.9 Å². The van der Waals surface area contributed by atoms with Crippen LogP contribution in [0, 0.1) is 6.92 Å². The van der Waals surface area contributed by atoms with E-state index in [9.17, 15) is 0 Å². The van der Waals surface area contributed by atoms with E-state index in [0.29, 0.717) is 6.04 Å². The molecule has 2 aromatic rings. The third kappa shape index (κ3) is 4.33. The Hall–Kier alpha value is -1.80. The van der Waals surface area contributed by atoms with Crippen LogP contribution in [0.25, 0.3) is 0 Å². The maximum Gasteiger partial charge on any atom is 0.0361 e. The molecule has 0 saturated carbocycles. The molecule has 112 valence electrons. The van der Waals surface area contributed by atoms with E-state index in [1.165, 1.54) is 22.4 Å². The van der Waals surface area contributed by atoms with Crippen LogP contribution in [0.4, 0.5) is 5.69 Å². The summed E-state index contributed by atoms with van der Waals surface area (Å²) in [4.78, 5) is 2.12. The van der Waals surface area contributed by atoms with Gasteiger partial charge in [0.25, 0.3) is 0 Å². The number of hydrogen-bond donors (Lipinski definition) is 1. The van der Waals surface area contributed by atoms with Crippen LogP contribution in [0.1, 0.15) is 36.1 Å². The second-order valence-electron chi connectivity index (χ2n) is 5.81. The van der Waals surface area contributed by atoms with E-state index in [-0.39, 0.29) is 0 Å². The summed E-state index contributed by atoms with van der Waals surface area (Å²) in [6, 6.07) is 18.0. The first-order valence-corrected chi connectivity index (χ1v) is 7.66. The SMILES string of the molecule is CCC(NCc1ccc(N(C)C)cc1)c1ccc(C)cc1. The Labute approximate surface area is 128 Å². The topological polar surface area (TPSA) is 15.3 Å². The molecule has 0 radical (unpaired) electrons. The van der Waals surface area contributed by atoms with E-state index in [1.807, 2.05) is 0 Å². The second-order valence-corrected chi connectivity index (χ2v) is 5.81. The Bertz CT molecular complexity index is 541. The fraction of sp³-hybridized carbons (Fsp3) is 0.368. The Morgan fingerprint density at radius 3 is 2.10 bits per heavy atom. The third-order valence-electron chi connectivity index (χ3n) is 3.89. The highest BCUT2D eigenvalue weighted by Crippen LogP contribution is 2.18. The fourth-order valence-electron chi connectivity index (χ4n) is 2.45. The molecule has 0 aliphatic rings. The predicted molar refractivity (Wildman–Crippen MR) is 91.8 cm³/mol. The molecular formula is C19H26N2. The smallest absolute Gasteiger partial charge is 0.0361 e. The maximum absolute atomic E-state index is 3.66. The number of rotatable bonds is 6. The number of hydrogen-bond acceptors (Lipinski definition) is 2. The minimum atomic E-state index is 0.416. The van der Waals surface area contributed by atoms with E-state index in [4.69, 9.17) is 0 Å². The van der Waals surface area contributed by atoms with E-state index >= 15 is 0 Å². The lowest BCUT2D eigenvalue weighted by atomic mass is 10.0. The van der Waals surface area contributed by atoms with E-state index < -0.39 is 0 Å². The van der Waals surface area contributed by atoms with Gasteiger partial charge in [-0.3, -0.25) is 0 Å². The first kappa shape index (κ1) is 15.6. The van der Waals surface area contributed by atoms with Gasteiger partial charge in [0, 0.05) is 32.4 Å². The summed E-state index contributed by atoms with van der Waals surface area (Å²) in [5.74, 6) is 0. The summed E-state index contributed by atoms with van der Waals surface area (Å²) in [5, 5.41) is 3.66. The first-order chi connectivity index (χ1) is 10.1. The number of nitrogens with zero attached hydrogens (tertiary/aromatic N) is 1. The Morgan fingerprint density at radius 1 is 0.952 bits per heavy atom. The summed E-state index contributed by atoms with van der Waals surface area (Å²) in [7, 11) is 4.13. The highest BCUT2D eigenvalue weighted by molar-refractivity contribution is 5.46. The van der Waals surface area contributed by atoms with Gasteiger partial charge in [0.1, 0.15) is 0 Å². The summed E-state index contributed by atoms with van der Waals surface area (Å²) in [5.41, 5.74) is 5.25. The molecule has 0 bridgehead atoms. The van der Waals surface area contributed by atoms with Crippen molar-refractivity contribution in [3.8, 4) is 0 Å². The minimum absolute atomic E-state index is 0.416. The molecule has 0 aliphatic heterocycles. The molecular weight excluding hydrogens is 256 g/mol. The van der Waals surface area contributed by atoms with Gasteiger partial charge in [-0.05, 0) is 36.6 Å². The minimum Gasteiger partial charge on any atom is -0.378 e. The van der Waals surface area contributed by atoms with Gasteiger partial charge in [0.15, 0.2) is 0 Å². The van der Waals surface area contributed by atoms with Crippen LogP contribution < -0.4 is 10.2 Å². The molecule has 0 amide bonds. The monoisotopic (exact) mass is 282 g/mol. The van der Waals surface area contributed by atoms with Crippen LogP contribution in [-0.2, 0) is 6.54 Å². The van der Waals surface area contributed by atoms with Crippen molar-refractivity contribution in [1.82, 2.24) is 5.32 Å². The van der Waals surface area contributed by atoms with Crippen LogP contribution in [0.2, 0.25) is 0 Å². The summed E-state index contributed by atoms with van der Waals surface area (Å²) >= 11 is 0. The molecule has 1 unspecified atom stereocenters. The van der Waals surface area contributed by atoms with Crippen molar-refractivity contribution in [1.29, 1.82) is 0 Å². The Kier molecular flexibility index (Phi) is 5.40. The molecule has 0 fully saturated rings. The normalized spacial score (nSPS) is 12.2. The van der Waals surface area contributed by atoms with Crippen molar-refractivity contribution in [2.75, 3.05) is 19.0 Å². The van der Waals surface area contributed by atoms with Crippen LogP contribution in [0.5, 0.6) is 0 Å². The van der Waals surface area contributed by atoms with Crippen LogP contribution in [-0.4, -0.2) is 14.1 Å². The van der Waals surface area contributed by atoms with Gasteiger partial charge in [-0.25, -0.2) is 0 Å². The quantitative estimate of drug-likeness (QED) is 0.849. The summed E-state index contributed by atoms with van der Waals surface area (Å²) in [6.07, 6.45) is 1.10. The Morgan fingerprint density at radius 2 is 1.57 bits per heavy atom. The third-order valence-corrected chi connectivity index (χ3v) is 3.89. The Balaban J connectivity index is 1.98. The number of benzene rings is 2. The highest BCUT2D eigenvalue weighted by atomic mass is 15.1. The number of nitrogens with one attached hydrogen (secondary N) is 1.